The highest BCUT2D eigenvalue weighted by Crippen LogP contribution is 2.42. The van der Waals surface area contributed by atoms with Crippen LogP contribution in [0.15, 0.2) is 53.2 Å². The lowest BCUT2D eigenvalue weighted by molar-refractivity contribution is 0.309. The molecule has 0 amide bonds. The first-order chi connectivity index (χ1) is 12.1. The van der Waals surface area contributed by atoms with E-state index in [0.717, 1.165) is 0 Å². The van der Waals surface area contributed by atoms with Gasteiger partial charge < -0.3 is 5.73 Å². The van der Waals surface area contributed by atoms with Gasteiger partial charge in [0, 0.05) is 10.7 Å². The van der Waals surface area contributed by atoms with Crippen molar-refractivity contribution in [1.29, 1.82) is 5.41 Å². The van der Waals surface area contributed by atoms with E-state index in [1.165, 1.54) is 0 Å². The number of nitrogens with one attached hydrogen (secondary N) is 1. The van der Waals surface area contributed by atoms with Gasteiger partial charge in [-0.25, -0.2) is 4.63 Å². The summed E-state index contributed by atoms with van der Waals surface area (Å²) in [5.41, 5.74) is 7.62. The first-order valence-corrected chi connectivity index (χ1v) is 8.09. The highest BCUT2D eigenvalue weighted by molar-refractivity contribution is 6.33. The number of nitrogens with two attached hydrogens (primary N) is 1. The van der Waals surface area contributed by atoms with Crippen LogP contribution < -0.4 is 15.5 Å². The van der Waals surface area contributed by atoms with Crippen LogP contribution in [0.1, 0.15) is 0 Å². The predicted molar refractivity (Wildman–Crippen MR) is 97.2 cm³/mol. The van der Waals surface area contributed by atoms with Crippen molar-refractivity contribution in [3.05, 3.63) is 58.6 Å². The van der Waals surface area contributed by atoms with Crippen LogP contribution in [0.4, 0.5) is 23.0 Å². The van der Waals surface area contributed by atoms with Crippen LogP contribution in [0.5, 0.6) is 0 Å². The number of hydrogen-bond donors (Lipinski definition) is 2. The molecule has 1 aliphatic rings. The van der Waals surface area contributed by atoms with Crippen molar-refractivity contribution in [1.82, 2.24) is 10.3 Å². The molecule has 0 bridgehead atoms. The molecular weight excluding hydrogens is 363 g/mol. The molecule has 7 nitrogen and oxygen atoms in total. The second kappa shape index (κ2) is 6.03. The van der Waals surface area contributed by atoms with E-state index >= 15 is 0 Å². The summed E-state index contributed by atoms with van der Waals surface area (Å²) in [7, 11) is 0. The predicted octanol–water partition coefficient (Wildman–Crippen LogP) is 3.93. The van der Waals surface area contributed by atoms with Gasteiger partial charge in [-0.2, -0.15) is 0 Å². The van der Waals surface area contributed by atoms with Gasteiger partial charge in [-0.1, -0.05) is 35.3 Å². The molecule has 1 atom stereocenters. The Kier molecular flexibility index (Phi) is 3.84. The second-order valence-corrected chi connectivity index (χ2v) is 6.22. The van der Waals surface area contributed by atoms with Crippen molar-refractivity contribution >= 4 is 52.0 Å². The van der Waals surface area contributed by atoms with E-state index < -0.39 is 6.17 Å². The highest BCUT2D eigenvalue weighted by Gasteiger charge is 2.40. The average molecular weight is 375 g/mol. The summed E-state index contributed by atoms with van der Waals surface area (Å²) >= 11 is 12.2. The number of nitrogens with zero attached hydrogens (tertiary/aromatic N) is 4. The zero-order valence-electron chi connectivity index (χ0n) is 12.7. The summed E-state index contributed by atoms with van der Waals surface area (Å²) in [5, 5.41) is 17.5. The normalized spacial score (nSPS) is 16.9. The Balaban J connectivity index is 1.86. The third-order valence-electron chi connectivity index (χ3n) is 3.89. The zero-order chi connectivity index (χ0) is 17.6. The van der Waals surface area contributed by atoms with Crippen LogP contribution in [-0.4, -0.2) is 22.3 Å². The lowest BCUT2D eigenvalue weighted by Gasteiger charge is -2.38. The minimum Gasteiger partial charge on any atom is -0.305 e. The van der Waals surface area contributed by atoms with Gasteiger partial charge in [0.25, 0.3) is 0 Å². The Morgan fingerprint density at radius 2 is 1.68 bits per heavy atom. The molecule has 0 spiro atoms. The molecule has 0 fully saturated rings. The molecule has 1 aliphatic heterocycles. The lowest BCUT2D eigenvalue weighted by Crippen LogP contribution is -2.54. The van der Waals surface area contributed by atoms with E-state index in [1.807, 2.05) is 12.1 Å². The van der Waals surface area contributed by atoms with Crippen molar-refractivity contribution in [3.8, 4) is 0 Å². The number of anilines is 4. The summed E-state index contributed by atoms with van der Waals surface area (Å²) < 4.78 is 4.93. The molecule has 0 aliphatic carbocycles. The number of halogens is 2. The van der Waals surface area contributed by atoms with Gasteiger partial charge in [0.1, 0.15) is 12.0 Å². The summed E-state index contributed by atoms with van der Waals surface area (Å²) in [6.07, 6.45) is -0.824. The Bertz CT molecular complexity index is 942. The number of aromatic nitrogens is 2. The van der Waals surface area contributed by atoms with Crippen LogP contribution in [0.25, 0.3) is 0 Å². The van der Waals surface area contributed by atoms with Gasteiger partial charge in [-0.15, -0.1) is 0 Å². The van der Waals surface area contributed by atoms with Crippen molar-refractivity contribution in [2.45, 2.75) is 6.17 Å². The minimum absolute atomic E-state index is 0.102. The van der Waals surface area contributed by atoms with Gasteiger partial charge in [-0.3, -0.25) is 15.2 Å². The number of amidine groups is 1. The molecule has 1 unspecified atom stereocenters. The van der Waals surface area contributed by atoms with Crippen molar-refractivity contribution in [3.63, 3.8) is 0 Å². The molecular formula is C16H12Cl2N6O. The smallest absolute Gasteiger partial charge is 0.228 e. The Morgan fingerprint density at radius 3 is 2.40 bits per heavy atom. The molecule has 2 heterocycles. The van der Waals surface area contributed by atoms with Gasteiger partial charge in [0.2, 0.25) is 11.6 Å². The molecule has 1 aromatic heterocycles. The largest absolute Gasteiger partial charge is 0.305 e. The maximum atomic E-state index is 8.54. The summed E-state index contributed by atoms with van der Waals surface area (Å²) in [5.74, 6) is 0.839. The monoisotopic (exact) mass is 374 g/mol. The maximum Gasteiger partial charge on any atom is 0.228 e. The van der Waals surface area contributed by atoms with E-state index in [1.54, 1.807) is 46.2 Å². The van der Waals surface area contributed by atoms with Gasteiger partial charge in [0.15, 0.2) is 0 Å². The number of benzene rings is 2. The topological polar surface area (TPSA) is 95.3 Å². The van der Waals surface area contributed by atoms with Gasteiger partial charge >= 0.3 is 0 Å². The Morgan fingerprint density at radius 1 is 1.00 bits per heavy atom. The first kappa shape index (κ1) is 15.9. The average Bonchev–Trinajstić information content (AvgIpc) is 3.07. The lowest BCUT2D eigenvalue weighted by atomic mass is 10.1. The van der Waals surface area contributed by atoms with Crippen LogP contribution >= 0.6 is 23.2 Å². The van der Waals surface area contributed by atoms with Crippen LogP contribution in [0.3, 0.4) is 0 Å². The van der Waals surface area contributed by atoms with Crippen molar-refractivity contribution < 1.29 is 4.63 Å². The molecule has 3 aromatic rings. The number of fused-ring (bicyclic) bond motifs is 1. The van der Waals surface area contributed by atoms with E-state index in [4.69, 9.17) is 39.0 Å². The van der Waals surface area contributed by atoms with Crippen LogP contribution in [0.2, 0.25) is 10.0 Å². The molecule has 3 N–H and O–H groups in total. The van der Waals surface area contributed by atoms with Crippen molar-refractivity contribution in [2.75, 3.05) is 9.80 Å². The fraction of sp³-hybridized carbons (Fsp3) is 0.0625. The van der Waals surface area contributed by atoms with Crippen molar-refractivity contribution in [2.24, 2.45) is 5.73 Å². The SMILES string of the molecule is N=C1C(N)N(c2ccccc2Cl)c2nonc2N1c1ccc(Cl)cc1. The number of hydrogen-bond acceptors (Lipinski definition) is 6. The quantitative estimate of drug-likeness (QED) is 0.705. The molecule has 25 heavy (non-hydrogen) atoms. The molecule has 0 radical (unpaired) electrons. The molecule has 4 rings (SSSR count). The van der Waals surface area contributed by atoms with Crippen LogP contribution in [-0.2, 0) is 0 Å². The van der Waals surface area contributed by atoms with E-state index in [0.29, 0.717) is 33.1 Å². The summed E-state index contributed by atoms with van der Waals surface area (Å²) in [4.78, 5) is 3.20. The third-order valence-corrected chi connectivity index (χ3v) is 4.46. The fourth-order valence-electron chi connectivity index (χ4n) is 2.73. The Hall–Kier alpha value is -2.61. The highest BCUT2D eigenvalue weighted by atomic mass is 35.5. The molecule has 2 aromatic carbocycles. The molecule has 0 saturated heterocycles. The number of para-hydroxylation sites is 1. The standard InChI is InChI=1S/C16H12Cl2N6O/c17-9-5-7-10(8-6-9)23-13(19)14(20)24(16-15(23)21-25-22-16)12-4-2-1-3-11(12)18/h1-8,14,19H,20H2. The van der Waals surface area contributed by atoms with E-state index in [2.05, 4.69) is 10.3 Å². The third kappa shape index (κ3) is 2.53. The summed E-state index contributed by atoms with van der Waals surface area (Å²) in [6.45, 7) is 0. The van der Waals surface area contributed by atoms with E-state index in [-0.39, 0.29) is 5.84 Å². The molecule has 9 heteroatoms. The Labute approximate surface area is 153 Å². The number of rotatable bonds is 2. The van der Waals surface area contributed by atoms with Crippen LogP contribution in [0, 0.1) is 5.41 Å². The fourth-order valence-corrected chi connectivity index (χ4v) is 3.09. The molecule has 0 saturated carbocycles. The van der Waals surface area contributed by atoms with Gasteiger partial charge in [0.05, 0.1) is 10.7 Å². The van der Waals surface area contributed by atoms with E-state index in [9.17, 15) is 0 Å². The van der Waals surface area contributed by atoms with Gasteiger partial charge in [-0.05, 0) is 46.7 Å². The maximum absolute atomic E-state index is 8.54. The second-order valence-electron chi connectivity index (χ2n) is 5.37. The summed E-state index contributed by atoms with van der Waals surface area (Å²) in [6, 6.07) is 14.2. The zero-order valence-corrected chi connectivity index (χ0v) is 14.2. The first-order valence-electron chi connectivity index (χ1n) is 7.34. The minimum atomic E-state index is -0.824. The molecule has 126 valence electrons.